The van der Waals surface area contributed by atoms with Crippen molar-refractivity contribution in [3.63, 3.8) is 0 Å². The molecule has 5 rings (SSSR count). The number of rotatable bonds is 9. The van der Waals surface area contributed by atoms with Gasteiger partial charge in [-0.05, 0) is 49.2 Å². The predicted molar refractivity (Wildman–Crippen MR) is 144 cm³/mol. The molecule has 0 aliphatic carbocycles. The molecule has 0 N–H and O–H groups in total. The number of nitrogens with zero attached hydrogens (tertiary/aromatic N) is 5. The molecule has 1 aliphatic rings. The molecule has 1 fully saturated rings. The van der Waals surface area contributed by atoms with Gasteiger partial charge < -0.3 is 4.90 Å². The zero-order valence-electron chi connectivity index (χ0n) is 20.5. The fourth-order valence-corrected chi connectivity index (χ4v) is 5.65. The largest absolute Gasteiger partial charge is 0.334 e. The van der Waals surface area contributed by atoms with E-state index in [9.17, 15) is 4.79 Å². The van der Waals surface area contributed by atoms with Crippen LogP contribution in [0.1, 0.15) is 35.8 Å². The van der Waals surface area contributed by atoms with E-state index in [0.717, 1.165) is 47.4 Å². The molecule has 3 aromatic carbocycles. The lowest BCUT2D eigenvalue weighted by atomic mass is 9.97. The highest BCUT2D eigenvalue weighted by Gasteiger charge is 2.25. The minimum absolute atomic E-state index is 0.0430. The van der Waals surface area contributed by atoms with E-state index in [4.69, 9.17) is 0 Å². The monoisotopic (exact) mass is 497 g/mol. The summed E-state index contributed by atoms with van der Waals surface area (Å²) < 4.78 is 2.10. The molecule has 6 nitrogen and oxygen atoms in total. The van der Waals surface area contributed by atoms with E-state index < -0.39 is 0 Å². The first kappa shape index (κ1) is 24.3. The van der Waals surface area contributed by atoms with Crippen molar-refractivity contribution in [1.29, 1.82) is 0 Å². The zero-order valence-corrected chi connectivity index (χ0v) is 21.3. The normalized spacial score (nSPS) is 13.8. The standard InChI is InChI=1S/C29H31N5OS/c1-32(28(23-13-5-2-6-14-23)24-15-7-3-8-16-24)27(35)22-36-29-31-30-26(21-33-19-11-12-20-33)34(29)25-17-9-4-10-18-25/h2-10,13-18,28H,11-12,19-22H2,1H3. The van der Waals surface area contributed by atoms with E-state index >= 15 is 0 Å². The van der Waals surface area contributed by atoms with Crippen LogP contribution < -0.4 is 0 Å². The molecule has 0 unspecified atom stereocenters. The van der Waals surface area contributed by atoms with Crippen molar-refractivity contribution in [2.24, 2.45) is 0 Å². The SMILES string of the molecule is CN(C(=O)CSc1nnc(CN2CCCC2)n1-c1ccccc1)C(c1ccccc1)c1ccccc1. The molecule has 4 aromatic rings. The summed E-state index contributed by atoms with van der Waals surface area (Å²) in [6, 6.07) is 30.4. The highest BCUT2D eigenvalue weighted by atomic mass is 32.2. The molecular formula is C29H31N5OS. The molecule has 1 aliphatic heterocycles. The van der Waals surface area contributed by atoms with Gasteiger partial charge in [-0.3, -0.25) is 14.3 Å². The number of hydrogen-bond donors (Lipinski definition) is 0. The Kier molecular flexibility index (Phi) is 7.79. The number of aromatic nitrogens is 3. The van der Waals surface area contributed by atoms with Crippen molar-refractivity contribution in [2.75, 3.05) is 25.9 Å². The van der Waals surface area contributed by atoms with Crippen molar-refractivity contribution in [3.05, 3.63) is 108 Å². The Hall–Kier alpha value is -3.42. The summed E-state index contributed by atoms with van der Waals surface area (Å²) >= 11 is 1.44. The summed E-state index contributed by atoms with van der Waals surface area (Å²) in [4.78, 5) is 17.7. The quantitative estimate of drug-likeness (QED) is 0.298. The minimum atomic E-state index is -0.154. The van der Waals surface area contributed by atoms with Gasteiger partial charge in [-0.2, -0.15) is 0 Å². The first-order valence-corrected chi connectivity index (χ1v) is 13.4. The second-order valence-corrected chi connectivity index (χ2v) is 10.0. The second kappa shape index (κ2) is 11.5. The molecule has 2 heterocycles. The van der Waals surface area contributed by atoms with E-state index in [1.807, 2.05) is 66.5 Å². The first-order valence-electron chi connectivity index (χ1n) is 12.4. The van der Waals surface area contributed by atoms with Crippen molar-refractivity contribution in [1.82, 2.24) is 24.6 Å². The van der Waals surface area contributed by atoms with Crippen LogP contribution in [0.2, 0.25) is 0 Å². The summed E-state index contributed by atoms with van der Waals surface area (Å²) in [5.74, 6) is 1.24. The van der Waals surface area contributed by atoms with Crippen molar-refractivity contribution in [3.8, 4) is 5.69 Å². The van der Waals surface area contributed by atoms with Crippen LogP contribution in [0, 0.1) is 0 Å². The Bertz CT molecular complexity index is 1220. The van der Waals surface area contributed by atoms with Gasteiger partial charge in [-0.1, -0.05) is 90.6 Å². The third-order valence-corrected chi connectivity index (χ3v) is 7.53. The predicted octanol–water partition coefficient (Wildman–Crippen LogP) is 5.20. The summed E-state index contributed by atoms with van der Waals surface area (Å²) in [5.41, 5.74) is 3.20. The van der Waals surface area contributed by atoms with Crippen LogP contribution >= 0.6 is 11.8 Å². The van der Waals surface area contributed by atoms with Gasteiger partial charge >= 0.3 is 0 Å². The molecule has 1 amide bonds. The number of likely N-dealkylation sites (tertiary alicyclic amines) is 1. The molecule has 1 saturated heterocycles. The van der Waals surface area contributed by atoms with Gasteiger partial charge in [0.1, 0.15) is 0 Å². The third-order valence-electron chi connectivity index (χ3n) is 6.61. The van der Waals surface area contributed by atoms with Crippen LogP contribution in [0.4, 0.5) is 0 Å². The Balaban J connectivity index is 1.36. The smallest absolute Gasteiger partial charge is 0.233 e. The fraction of sp³-hybridized carbons (Fsp3) is 0.276. The lowest BCUT2D eigenvalue weighted by Gasteiger charge is -2.29. The van der Waals surface area contributed by atoms with Crippen LogP contribution in [-0.2, 0) is 11.3 Å². The van der Waals surface area contributed by atoms with Crippen LogP contribution in [-0.4, -0.2) is 56.4 Å². The fourth-order valence-electron chi connectivity index (χ4n) is 4.76. The molecule has 184 valence electrons. The van der Waals surface area contributed by atoms with E-state index in [2.05, 4.69) is 56.1 Å². The van der Waals surface area contributed by atoms with Gasteiger partial charge in [0.2, 0.25) is 5.91 Å². The molecule has 0 atom stereocenters. The summed E-state index contributed by atoms with van der Waals surface area (Å²) in [5, 5.41) is 9.78. The number of thioether (sulfide) groups is 1. The molecule has 36 heavy (non-hydrogen) atoms. The molecule has 0 saturated carbocycles. The van der Waals surface area contributed by atoms with Crippen molar-refractivity contribution >= 4 is 17.7 Å². The van der Waals surface area contributed by atoms with Gasteiger partial charge in [0.05, 0.1) is 18.3 Å². The maximum absolute atomic E-state index is 13.5. The molecule has 0 radical (unpaired) electrons. The van der Waals surface area contributed by atoms with Gasteiger partial charge in [0.25, 0.3) is 0 Å². The number of carbonyl (C=O) groups excluding carboxylic acids is 1. The number of benzene rings is 3. The van der Waals surface area contributed by atoms with Crippen molar-refractivity contribution in [2.45, 2.75) is 30.6 Å². The average molecular weight is 498 g/mol. The zero-order chi connectivity index (χ0) is 24.7. The highest BCUT2D eigenvalue weighted by Crippen LogP contribution is 2.29. The van der Waals surface area contributed by atoms with Crippen LogP contribution in [0.3, 0.4) is 0 Å². The Labute approximate surface area is 217 Å². The minimum Gasteiger partial charge on any atom is -0.334 e. The third kappa shape index (κ3) is 5.53. The Morgan fingerprint density at radius 1 is 0.861 bits per heavy atom. The topological polar surface area (TPSA) is 54.3 Å². The van der Waals surface area contributed by atoms with Crippen LogP contribution in [0.5, 0.6) is 0 Å². The second-order valence-electron chi connectivity index (χ2n) is 9.07. The Morgan fingerprint density at radius 3 is 2.00 bits per heavy atom. The molecule has 7 heteroatoms. The lowest BCUT2D eigenvalue weighted by molar-refractivity contribution is -0.128. The summed E-state index contributed by atoms with van der Waals surface area (Å²) in [6.45, 7) is 2.95. The molecular weight excluding hydrogens is 466 g/mol. The maximum Gasteiger partial charge on any atom is 0.233 e. The van der Waals surface area contributed by atoms with Gasteiger partial charge in [-0.25, -0.2) is 0 Å². The number of carbonyl (C=O) groups is 1. The van der Waals surface area contributed by atoms with E-state index in [0.29, 0.717) is 0 Å². The van der Waals surface area contributed by atoms with Gasteiger partial charge in [-0.15, -0.1) is 10.2 Å². The maximum atomic E-state index is 13.5. The van der Waals surface area contributed by atoms with Crippen LogP contribution in [0.25, 0.3) is 5.69 Å². The van der Waals surface area contributed by atoms with Crippen LogP contribution in [0.15, 0.2) is 96.2 Å². The molecule has 0 spiro atoms. The highest BCUT2D eigenvalue weighted by molar-refractivity contribution is 7.99. The number of hydrogen-bond acceptors (Lipinski definition) is 5. The van der Waals surface area contributed by atoms with Gasteiger partial charge in [0, 0.05) is 12.7 Å². The number of amides is 1. The van der Waals surface area contributed by atoms with Crippen molar-refractivity contribution < 1.29 is 4.79 Å². The van der Waals surface area contributed by atoms with E-state index in [-0.39, 0.29) is 17.7 Å². The van der Waals surface area contributed by atoms with E-state index in [1.165, 1.54) is 24.6 Å². The summed E-state index contributed by atoms with van der Waals surface area (Å²) in [7, 11) is 1.88. The molecule has 0 bridgehead atoms. The number of para-hydroxylation sites is 1. The van der Waals surface area contributed by atoms with E-state index in [1.54, 1.807) is 0 Å². The molecule has 1 aromatic heterocycles. The lowest BCUT2D eigenvalue weighted by Crippen LogP contribution is -2.33. The Morgan fingerprint density at radius 2 is 1.42 bits per heavy atom. The first-order chi connectivity index (χ1) is 17.7. The van der Waals surface area contributed by atoms with Gasteiger partial charge in [0.15, 0.2) is 11.0 Å². The summed E-state index contributed by atoms with van der Waals surface area (Å²) in [6.07, 6.45) is 2.46. The average Bonchev–Trinajstić information content (AvgIpc) is 3.59.